The number of hydrogen-bond donors (Lipinski definition) is 3. The number of nitrogens with one attached hydrogen (secondary N) is 2. The third-order valence-corrected chi connectivity index (χ3v) is 4.09. The normalized spacial score (nSPS) is 10.6. The molecule has 2 aromatic rings. The minimum Gasteiger partial charge on any atom is -0.313 e. The van der Waals surface area contributed by atoms with Gasteiger partial charge in [-0.3, -0.25) is 10.0 Å². The molecule has 0 fully saturated rings. The van der Waals surface area contributed by atoms with E-state index in [1.54, 1.807) is 5.48 Å². The highest BCUT2D eigenvalue weighted by Crippen LogP contribution is 2.21. The van der Waals surface area contributed by atoms with Gasteiger partial charge in [0, 0.05) is 18.0 Å². The highest BCUT2D eigenvalue weighted by atomic mass is 35.5. The van der Waals surface area contributed by atoms with Gasteiger partial charge in [0.05, 0.1) is 0 Å². The first-order chi connectivity index (χ1) is 11.7. The van der Waals surface area contributed by atoms with Crippen molar-refractivity contribution >= 4 is 17.5 Å². The molecule has 4 nitrogen and oxygen atoms in total. The summed E-state index contributed by atoms with van der Waals surface area (Å²) in [4.78, 5) is 10.8. The molecule has 0 bridgehead atoms. The highest BCUT2D eigenvalue weighted by molar-refractivity contribution is 6.30. The van der Waals surface area contributed by atoms with Crippen LogP contribution in [0.3, 0.4) is 0 Å². The maximum atomic E-state index is 10.8. The van der Waals surface area contributed by atoms with Gasteiger partial charge in [-0.05, 0) is 48.2 Å². The standard InChI is InChI=1S/C19H23ClN2O2/c20-18-11-9-17(10-12-18)16-7-5-15(6-8-16)14-21-13-3-1-2-4-19(23)22-24/h5-12,21,24H,1-4,13-14H2,(H,22,23). The molecule has 3 N–H and O–H groups in total. The molecular weight excluding hydrogens is 324 g/mol. The predicted octanol–water partition coefficient (Wildman–Crippen LogP) is 4.16. The fourth-order valence-electron chi connectivity index (χ4n) is 2.46. The van der Waals surface area contributed by atoms with Crippen LogP contribution in [0.1, 0.15) is 31.2 Å². The first-order valence-corrected chi connectivity index (χ1v) is 8.55. The van der Waals surface area contributed by atoms with Gasteiger partial charge in [0.1, 0.15) is 0 Å². The summed E-state index contributed by atoms with van der Waals surface area (Å²) in [6.07, 6.45) is 3.16. The summed E-state index contributed by atoms with van der Waals surface area (Å²) in [5, 5.41) is 12.5. The molecule has 5 heteroatoms. The van der Waals surface area contributed by atoms with Crippen molar-refractivity contribution in [3.63, 3.8) is 0 Å². The molecule has 24 heavy (non-hydrogen) atoms. The minimum atomic E-state index is -0.316. The number of halogens is 1. The molecule has 0 radical (unpaired) electrons. The molecule has 0 spiro atoms. The number of benzene rings is 2. The average molecular weight is 347 g/mol. The number of hydroxylamine groups is 1. The van der Waals surface area contributed by atoms with Crippen LogP contribution in [0.5, 0.6) is 0 Å². The Morgan fingerprint density at radius 3 is 2.17 bits per heavy atom. The van der Waals surface area contributed by atoms with Gasteiger partial charge >= 0.3 is 0 Å². The smallest absolute Gasteiger partial charge is 0.243 e. The zero-order valence-electron chi connectivity index (χ0n) is 13.6. The number of carbonyl (C=O) groups is 1. The molecule has 2 aromatic carbocycles. The minimum absolute atomic E-state index is 0.316. The summed E-state index contributed by atoms with van der Waals surface area (Å²) in [6.45, 7) is 1.75. The Balaban J connectivity index is 1.67. The van der Waals surface area contributed by atoms with Crippen LogP contribution in [0.25, 0.3) is 11.1 Å². The SMILES string of the molecule is O=C(CCCCCNCc1ccc(-c2ccc(Cl)cc2)cc1)NO. The summed E-state index contributed by atoms with van der Waals surface area (Å²) in [7, 11) is 0. The Morgan fingerprint density at radius 1 is 0.917 bits per heavy atom. The molecule has 128 valence electrons. The molecule has 0 saturated carbocycles. The Bertz CT molecular complexity index is 627. The van der Waals surface area contributed by atoms with E-state index in [0.717, 1.165) is 42.9 Å². The van der Waals surface area contributed by atoms with E-state index in [0.29, 0.717) is 6.42 Å². The van der Waals surface area contributed by atoms with Gasteiger partial charge in [0.15, 0.2) is 0 Å². The van der Waals surface area contributed by atoms with Crippen LogP contribution in [-0.4, -0.2) is 17.7 Å². The number of amides is 1. The summed E-state index contributed by atoms with van der Waals surface area (Å²) in [6, 6.07) is 16.3. The fourth-order valence-corrected chi connectivity index (χ4v) is 2.58. The van der Waals surface area contributed by atoms with Crippen molar-refractivity contribution in [2.24, 2.45) is 0 Å². The lowest BCUT2D eigenvalue weighted by Crippen LogP contribution is -2.18. The maximum Gasteiger partial charge on any atom is 0.243 e. The van der Waals surface area contributed by atoms with E-state index in [4.69, 9.17) is 16.8 Å². The molecule has 0 aliphatic rings. The van der Waals surface area contributed by atoms with Crippen molar-refractivity contribution in [3.05, 3.63) is 59.1 Å². The maximum absolute atomic E-state index is 10.8. The van der Waals surface area contributed by atoms with E-state index >= 15 is 0 Å². The second-order valence-electron chi connectivity index (χ2n) is 5.73. The number of hydrogen-bond acceptors (Lipinski definition) is 3. The first kappa shape index (κ1) is 18.5. The third kappa shape index (κ3) is 6.32. The lowest BCUT2D eigenvalue weighted by Gasteiger charge is -2.07. The lowest BCUT2D eigenvalue weighted by molar-refractivity contribution is -0.129. The molecule has 0 aromatic heterocycles. The van der Waals surface area contributed by atoms with E-state index in [-0.39, 0.29) is 5.91 Å². The second kappa shape index (κ2) is 10.1. The van der Waals surface area contributed by atoms with E-state index in [2.05, 4.69) is 29.6 Å². The lowest BCUT2D eigenvalue weighted by atomic mass is 10.0. The number of rotatable bonds is 9. The number of carbonyl (C=O) groups excluding carboxylic acids is 1. The van der Waals surface area contributed by atoms with E-state index in [9.17, 15) is 4.79 Å². The molecule has 0 heterocycles. The molecule has 0 aliphatic heterocycles. The molecule has 1 amide bonds. The summed E-state index contributed by atoms with van der Waals surface area (Å²) >= 11 is 5.91. The van der Waals surface area contributed by atoms with Gasteiger partial charge < -0.3 is 5.32 Å². The van der Waals surface area contributed by atoms with Crippen molar-refractivity contribution in [1.29, 1.82) is 0 Å². The van der Waals surface area contributed by atoms with Crippen LogP contribution in [0.4, 0.5) is 0 Å². The molecular formula is C19H23ClN2O2. The summed E-state index contributed by atoms with van der Waals surface area (Å²) in [5.41, 5.74) is 5.23. The molecule has 0 aliphatic carbocycles. The molecule has 0 saturated heterocycles. The second-order valence-corrected chi connectivity index (χ2v) is 6.16. The van der Waals surface area contributed by atoms with E-state index < -0.39 is 0 Å². The van der Waals surface area contributed by atoms with Crippen LogP contribution in [-0.2, 0) is 11.3 Å². The van der Waals surface area contributed by atoms with E-state index in [1.165, 1.54) is 11.1 Å². The van der Waals surface area contributed by atoms with Gasteiger partial charge in [-0.15, -0.1) is 0 Å². The summed E-state index contributed by atoms with van der Waals surface area (Å²) < 4.78 is 0. The van der Waals surface area contributed by atoms with Gasteiger partial charge in [0.25, 0.3) is 0 Å². The highest BCUT2D eigenvalue weighted by Gasteiger charge is 2.00. The average Bonchev–Trinajstić information content (AvgIpc) is 2.62. The van der Waals surface area contributed by atoms with Crippen LogP contribution < -0.4 is 10.8 Å². The van der Waals surface area contributed by atoms with Crippen LogP contribution >= 0.6 is 11.6 Å². The van der Waals surface area contributed by atoms with E-state index in [1.807, 2.05) is 24.3 Å². The van der Waals surface area contributed by atoms with Gasteiger partial charge in [-0.2, -0.15) is 0 Å². The Morgan fingerprint density at radius 2 is 1.54 bits per heavy atom. The predicted molar refractivity (Wildman–Crippen MR) is 97.0 cm³/mol. The molecule has 2 rings (SSSR count). The fraction of sp³-hybridized carbons (Fsp3) is 0.316. The van der Waals surface area contributed by atoms with Crippen molar-refractivity contribution in [2.45, 2.75) is 32.2 Å². The van der Waals surface area contributed by atoms with Crippen molar-refractivity contribution in [1.82, 2.24) is 10.8 Å². The van der Waals surface area contributed by atoms with Gasteiger partial charge in [-0.1, -0.05) is 54.4 Å². The topological polar surface area (TPSA) is 61.4 Å². The largest absolute Gasteiger partial charge is 0.313 e. The van der Waals surface area contributed by atoms with Crippen LogP contribution in [0.15, 0.2) is 48.5 Å². The third-order valence-electron chi connectivity index (χ3n) is 3.84. The molecule has 0 unspecified atom stereocenters. The van der Waals surface area contributed by atoms with Crippen molar-refractivity contribution in [2.75, 3.05) is 6.54 Å². The van der Waals surface area contributed by atoms with Crippen LogP contribution in [0.2, 0.25) is 5.02 Å². The van der Waals surface area contributed by atoms with Crippen LogP contribution in [0, 0.1) is 0 Å². The monoisotopic (exact) mass is 346 g/mol. The zero-order valence-corrected chi connectivity index (χ0v) is 14.4. The Hall–Kier alpha value is -1.88. The van der Waals surface area contributed by atoms with Gasteiger partial charge in [0.2, 0.25) is 5.91 Å². The summed E-state index contributed by atoms with van der Waals surface area (Å²) in [5.74, 6) is -0.316. The van der Waals surface area contributed by atoms with Gasteiger partial charge in [-0.25, -0.2) is 5.48 Å². The van der Waals surface area contributed by atoms with Crippen molar-refractivity contribution < 1.29 is 10.0 Å². The Labute approximate surface area is 147 Å². The molecule has 0 atom stereocenters. The Kier molecular flexibility index (Phi) is 7.75. The first-order valence-electron chi connectivity index (χ1n) is 8.17. The number of unbranched alkanes of at least 4 members (excludes halogenated alkanes) is 2. The van der Waals surface area contributed by atoms with Crippen molar-refractivity contribution in [3.8, 4) is 11.1 Å². The quantitative estimate of drug-likeness (QED) is 0.363. The zero-order chi connectivity index (χ0) is 17.2.